The van der Waals surface area contributed by atoms with E-state index < -0.39 is 5.97 Å². The van der Waals surface area contributed by atoms with Crippen LogP contribution in [-0.2, 0) is 4.74 Å². The number of aromatic nitrogens is 2. The molecule has 0 fully saturated rings. The van der Waals surface area contributed by atoms with Crippen LogP contribution in [-0.4, -0.2) is 23.3 Å². The monoisotopic (exact) mass is 267 g/mol. The largest absolute Gasteiger partial charge is 0.465 e. The molecule has 7 heteroatoms. The molecule has 0 bridgehead atoms. The van der Waals surface area contributed by atoms with Gasteiger partial charge in [0.05, 0.1) is 17.6 Å². The molecule has 88 valence electrons. The maximum Gasteiger partial charge on any atom is 0.339 e. The molecule has 0 aliphatic heterocycles. The van der Waals surface area contributed by atoms with Crippen molar-refractivity contribution in [1.29, 1.82) is 0 Å². The Bertz CT molecular complexity index is 528. The molecule has 0 unspecified atom stereocenters. The van der Waals surface area contributed by atoms with Crippen molar-refractivity contribution in [1.82, 2.24) is 10.2 Å². The van der Waals surface area contributed by atoms with E-state index in [4.69, 9.17) is 10.5 Å². The SMILES string of the molecule is COC(=O)c1cccc(N)c1Sc1nncs1. The van der Waals surface area contributed by atoms with Gasteiger partial charge in [0.25, 0.3) is 0 Å². The smallest absolute Gasteiger partial charge is 0.339 e. The minimum Gasteiger partial charge on any atom is -0.465 e. The van der Waals surface area contributed by atoms with Crippen molar-refractivity contribution in [3.8, 4) is 0 Å². The third-order valence-electron chi connectivity index (χ3n) is 1.98. The van der Waals surface area contributed by atoms with Gasteiger partial charge < -0.3 is 10.5 Å². The van der Waals surface area contributed by atoms with E-state index in [-0.39, 0.29) is 0 Å². The van der Waals surface area contributed by atoms with Crippen LogP contribution >= 0.6 is 23.1 Å². The Balaban J connectivity index is 2.40. The van der Waals surface area contributed by atoms with Crippen LogP contribution in [0.15, 0.2) is 32.9 Å². The highest BCUT2D eigenvalue weighted by Gasteiger charge is 2.16. The van der Waals surface area contributed by atoms with Crippen molar-refractivity contribution in [3.63, 3.8) is 0 Å². The number of esters is 1. The molecular weight excluding hydrogens is 258 g/mol. The summed E-state index contributed by atoms with van der Waals surface area (Å²) in [5.41, 5.74) is 8.44. The normalized spacial score (nSPS) is 10.2. The third-order valence-corrected chi connectivity index (χ3v) is 3.92. The molecular formula is C10H9N3O2S2. The van der Waals surface area contributed by atoms with Gasteiger partial charge >= 0.3 is 5.97 Å². The number of carbonyl (C=O) groups is 1. The van der Waals surface area contributed by atoms with E-state index >= 15 is 0 Å². The zero-order chi connectivity index (χ0) is 12.3. The van der Waals surface area contributed by atoms with Gasteiger partial charge in [0.2, 0.25) is 0 Å². The highest BCUT2D eigenvalue weighted by molar-refractivity contribution is 8.01. The van der Waals surface area contributed by atoms with Gasteiger partial charge in [-0.15, -0.1) is 10.2 Å². The van der Waals surface area contributed by atoms with Gasteiger partial charge in [-0.2, -0.15) is 0 Å². The van der Waals surface area contributed by atoms with Gasteiger partial charge in [-0.05, 0) is 12.1 Å². The van der Waals surface area contributed by atoms with Gasteiger partial charge in [0.1, 0.15) is 5.51 Å². The van der Waals surface area contributed by atoms with E-state index in [0.717, 1.165) is 4.34 Å². The van der Waals surface area contributed by atoms with Gasteiger partial charge in [0.15, 0.2) is 4.34 Å². The molecule has 2 rings (SSSR count). The number of hydrogen-bond donors (Lipinski definition) is 1. The minimum atomic E-state index is -0.413. The Kier molecular flexibility index (Phi) is 3.60. The van der Waals surface area contributed by atoms with E-state index in [9.17, 15) is 4.79 Å². The number of methoxy groups -OCH3 is 1. The maximum atomic E-state index is 11.6. The van der Waals surface area contributed by atoms with Crippen LogP contribution in [0, 0.1) is 0 Å². The van der Waals surface area contributed by atoms with Crippen molar-refractivity contribution in [3.05, 3.63) is 29.3 Å². The van der Waals surface area contributed by atoms with E-state index in [0.29, 0.717) is 16.1 Å². The van der Waals surface area contributed by atoms with Crippen molar-refractivity contribution >= 4 is 34.8 Å². The summed E-state index contributed by atoms with van der Waals surface area (Å²) >= 11 is 2.70. The summed E-state index contributed by atoms with van der Waals surface area (Å²) in [5.74, 6) is -0.413. The number of carbonyl (C=O) groups excluding carboxylic acids is 1. The van der Waals surface area contributed by atoms with Crippen molar-refractivity contribution in [2.24, 2.45) is 0 Å². The molecule has 2 N–H and O–H groups in total. The number of nitrogens with zero attached hydrogens (tertiary/aromatic N) is 2. The Morgan fingerprint density at radius 3 is 3.00 bits per heavy atom. The zero-order valence-corrected chi connectivity index (χ0v) is 10.5. The summed E-state index contributed by atoms with van der Waals surface area (Å²) in [6, 6.07) is 5.12. The topological polar surface area (TPSA) is 78.1 Å². The highest BCUT2D eigenvalue weighted by atomic mass is 32.2. The first kappa shape index (κ1) is 11.9. The predicted molar refractivity (Wildman–Crippen MR) is 66.2 cm³/mol. The summed E-state index contributed by atoms with van der Waals surface area (Å²) in [6.07, 6.45) is 0. The molecule has 0 radical (unpaired) electrons. The molecule has 0 saturated carbocycles. The molecule has 0 aliphatic rings. The molecule has 5 nitrogen and oxygen atoms in total. The first-order chi connectivity index (χ1) is 8.22. The number of anilines is 1. The first-order valence-electron chi connectivity index (χ1n) is 4.63. The van der Waals surface area contributed by atoms with Gasteiger partial charge in [-0.1, -0.05) is 29.2 Å². The standard InChI is InChI=1S/C10H9N3O2S2/c1-15-9(14)6-3-2-4-7(11)8(6)17-10-13-12-5-16-10/h2-5H,11H2,1H3. The fraction of sp³-hybridized carbons (Fsp3) is 0.100. The first-order valence-corrected chi connectivity index (χ1v) is 6.33. The Morgan fingerprint density at radius 1 is 1.53 bits per heavy atom. The van der Waals surface area contributed by atoms with Crippen LogP contribution in [0.5, 0.6) is 0 Å². The number of benzene rings is 1. The average molecular weight is 267 g/mol. The summed E-state index contributed by atoms with van der Waals surface area (Å²) in [7, 11) is 1.34. The fourth-order valence-corrected chi connectivity index (χ4v) is 2.79. The average Bonchev–Trinajstić information content (AvgIpc) is 2.83. The molecule has 0 amide bonds. The Morgan fingerprint density at radius 2 is 2.35 bits per heavy atom. The van der Waals surface area contributed by atoms with Gasteiger partial charge in [0, 0.05) is 5.69 Å². The second-order valence-electron chi connectivity index (χ2n) is 3.02. The second kappa shape index (κ2) is 5.15. The Hall–Kier alpha value is -1.60. The van der Waals surface area contributed by atoms with Gasteiger partial charge in [-0.3, -0.25) is 0 Å². The molecule has 2 aromatic rings. The molecule has 0 atom stereocenters. The lowest BCUT2D eigenvalue weighted by Crippen LogP contribution is -2.04. The lowest BCUT2D eigenvalue weighted by molar-refractivity contribution is 0.0597. The van der Waals surface area contributed by atoms with Crippen LogP contribution in [0.25, 0.3) is 0 Å². The molecule has 1 aromatic carbocycles. The summed E-state index contributed by atoms with van der Waals surface area (Å²) < 4.78 is 5.44. The minimum absolute atomic E-state index is 0.413. The lowest BCUT2D eigenvalue weighted by Gasteiger charge is -2.08. The zero-order valence-electron chi connectivity index (χ0n) is 8.91. The summed E-state index contributed by atoms with van der Waals surface area (Å²) in [5, 5.41) is 7.64. The molecule has 0 saturated heterocycles. The van der Waals surface area contributed by atoms with Crippen LogP contribution < -0.4 is 5.73 Å². The lowest BCUT2D eigenvalue weighted by atomic mass is 10.2. The molecule has 17 heavy (non-hydrogen) atoms. The summed E-state index contributed by atoms with van der Waals surface area (Å²) in [4.78, 5) is 12.2. The van der Waals surface area contributed by atoms with Crippen LogP contribution in [0.4, 0.5) is 5.69 Å². The maximum absolute atomic E-state index is 11.6. The summed E-state index contributed by atoms with van der Waals surface area (Å²) in [6.45, 7) is 0. The quantitative estimate of drug-likeness (QED) is 0.677. The fourth-order valence-electron chi connectivity index (χ4n) is 1.23. The van der Waals surface area contributed by atoms with E-state index in [1.165, 1.54) is 30.2 Å². The predicted octanol–water partition coefficient (Wildman–Crippen LogP) is 2.06. The van der Waals surface area contributed by atoms with E-state index in [1.807, 2.05) is 0 Å². The number of nitrogens with two attached hydrogens (primary N) is 1. The van der Waals surface area contributed by atoms with Crippen LogP contribution in [0.3, 0.4) is 0 Å². The van der Waals surface area contributed by atoms with Crippen LogP contribution in [0.2, 0.25) is 0 Å². The van der Waals surface area contributed by atoms with Crippen LogP contribution in [0.1, 0.15) is 10.4 Å². The Labute approximate surface area is 106 Å². The molecule has 1 heterocycles. The number of hydrogen-bond acceptors (Lipinski definition) is 7. The van der Waals surface area contributed by atoms with Crippen molar-refractivity contribution in [2.45, 2.75) is 9.24 Å². The molecule has 0 spiro atoms. The van der Waals surface area contributed by atoms with Crippen molar-refractivity contribution < 1.29 is 9.53 Å². The van der Waals surface area contributed by atoms with Crippen molar-refractivity contribution in [2.75, 3.05) is 12.8 Å². The second-order valence-corrected chi connectivity index (χ2v) is 5.11. The molecule has 1 aromatic heterocycles. The number of rotatable bonds is 3. The van der Waals surface area contributed by atoms with Gasteiger partial charge in [-0.25, -0.2) is 4.79 Å². The highest BCUT2D eigenvalue weighted by Crippen LogP contribution is 2.35. The van der Waals surface area contributed by atoms with E-state index in [2.05, 4.69) is 10.2 Å². The number of ether oxygens (including phenoxy) is 1. The third kappa shape index (κ3) is 2.56. The number of nitrogen functional groups attached to an aromatic ring is 1. The molecule has 0 aliphatic carbocycles. The van der Waals surface area contributed by atoms with E-state index in [1.54, 1.807) is 23.7 Å².